The van der Waals surface area contributed by atoms with Gasteiger partial charge in [0.25, 0.3) is 5.69 Å². The van der Waals surface area contributed by atoms with Crippen LogP contribution in [0.4, 0.5) is 27.5 Å². The second-order valence-electron chi connectivity index (χ2n) is 8.22. The summed E-state index contributed by atoms with van der Waals surface area (Å²) in [5.41, 5.74) is 2.13. The summed E-state index contributed by atoms with van der Waals surface area (Å²) in [6.45, 7) is 11.3. The molecule has 2 aromatic rings. The van der Waals surface area contributed by atoms with Crippen LogP contribution in [0, 0.1) is 10.1 Å². The largest absolute Gasteiger partial charge is 0.500 e. The molecule has 0 radical (unpaired) electrons. The number of nitrogens with one attached hydrogen (secondary N) is 1. The number of carbonyl (C=O) groups is 1. The highest BCUT2D eigenvalue weighted by Gasteiger charge is 2.39. The smallest absolute Gasteiger partial charge is 0.448 e. The standard InChI is InChI=1S/C26H39N5O7Si/c1-5-30(19-20-35-26(32)27-18-9-21-39(36-6-2,37-7-3)38-8-4)24-14-10-22(11-15-24)28-29-23-12-16-25(17-13-23)31(33)34/h10-17H,5-9,18-21H2,1-4H3,(H,27,32)/b29-28+. The number of alkyl carbamates (subject to hydrolysis) is 1. The highest BCUT2D eigenvalue weighted by atomic mass is 28.4. The van der Waals surface area contributed by atoms with E-state index >= 15 is 0 Å². The lowest BCUT2D eigenvalue weighted by atomic mass is 10.2. The number of non-ortho nitro benzene ring substituents is 1. The Hall–Kier alpha value is -3.39. The third kappa shape index (κ3) is 11.1. The van der Waals surface area contributed by atoms with E-state index in [4.69, 9.17) is 18.0 Å². The van der Waals surface area contributed by atoms with E-state index in [-0.39, 0.29) is 12.3 Å². The van der Waals surface area contributed by atoms with Crippen molar-refractivity contribution in [2.75, 3.05) is 51.0 Å². The van der Waals surface area contributed by atoms with Gasteiger partial charge in [0.1, 0.15) is 6.61 Å². The number of hydrogen-bond donors (Lipinski definition) is 1. The van der Waals surface area contributed by atoms with Crippen LogP contribution in [0.2, 0.25) is 6.04 Å². The Labute approximate surface area is 230 Å². The van der Waals surface area contributed by atoms with Crippen molar-refractivity contribution >= 4 is 37.6 Å². The maximum absolute atomic E-state index is 12.1. The first kappa shape index (κ1) is 31.8. The van der Waals surface area contributed by atoms with Crippen molar-refractivity contribution in [2.45, 2.75) is 40.2 Å². The molecule has 12 nitrogen and oxygen atoms in total. The van der Waals surface area contributed by atoms with Crippen molar-refractivity contribution < 1.29 is 27.7 Å². The van der Waals surface area contributed by atoms with Crippen molar-refractivity contribution in [1.82, 2.24) is 5.32 Å². The van der Waals surface area contributed by atoms with Gasteiger partial charge in [-0.15, -0.1) is 0 Å². The van der Waals surface area contributed by atoms with Crippen LogP contribution >= 0.6 is 0 Å². The molecule has 13 heteroatoms. The molecule has 0 aromatic heterocycles. The minimum absolute atomic E-state index is 0.00418. The first-order valence-electron chi connectivity index (χ1n) is 13.2. The zero-order chi connectivity index (χ0) is 28.5. The van der Waals surface area contributed by atoms with Crippen LogP contribution in [-0.4, -0.2) is 65.9 Å². The van der Waals surface area contributed by atoms with Crippen LogP contribution < -0.4 is 10.2 Å². The van der Waals surface area contributed by atoms with Crippen LogP contribution in [0.15, 0.2) is 58.8 Å². The molecule has 0 heterocycles. The van der Waals surface area contributed by atoms with Gasteiger partial charge in [-0.2, -0.15) is 10.2 Å². The molecule has 214 valence electrons. The van der Waals surface area contributed by atoms with Gasteiger partial charge in [-0.25, -0.2) is 4.79 Å². The normalized spacial score (nSPS) is 11.5. The summed E-state index contributed by atoms with van der Waals surface area (Å²) in [5.74, 6) is 0. The highest BCUT2D eigenvalue weighted by molar-refractivity contribution is 6.60. The number of hydrogen-bond acceptors (Lipinski definition) is 10. The Morgan fingerprint density at radius 3 is 1.95 bits per heavy atom. The molecule has 1 N–H and O–H groups in total. The predicted molar refractivity (Wildman–Crippen MR) is 151 cm³/mol. The van der Waals surface area contributed by atoms with Crippen LogP contribution in [0.25, 0.3) is 0 Å². The Morgan fingerprint density at radius 1 is 0.923 bits per heavy atom. The van der Waals surface area contributed by atoms with Gasteiger partial charge in [0.2, 0.25) is 0 Å². The number of nitro groups is 1. The van der Waals surface area contributed by atoms with E-state index in [0.717, 1.165) is 12.2 Å². The maximum atomic E-state index is 12.1. The molecule has 0 aliphatic carbocycles. The number of benzene rings is 2. The molecular formula is C26H39N5O7Si. The third-order valence-corrected chi connectivity index (χ3v) is 8.71. The van der Waals surface area contributed by atoms with Crippen molar-refractivity contribution in [3.63, 3.8) is 0 Å². The number of carbonyl (C=O) groups excluding carboxylic acids is 1. The van der Waals surface area contributed by atoms with Gasteiger partial charge in [-0.05, 0) is 70.5 Å². The molecule has 2 rings (SSSR count). The molecular weight excluding hydrogens is 522 g/mol. The van der Waals surface area contributed by atoms with Crippen LogP contribution in [0.3, 0.4) is 0 Å². The number of ether oxygens (including phenoxy) is 1. The lowest BCUT2D eigenvalue weighted by molar-refractivity contribution is -0.384. The first-order valence-corrected chi connectivity index (χ1v) is 15.1. The van der Waals surface area contributed by atoms with Gasteiger partial charge < -0.3 is 28.2 Å². The fourth-order valence-corrected chi connectivity index (χ4v) is 6.36. The summed E-state index contributed by atoms with van der Waals surface area (Å²) in [7, 11) is -2.72. The van der Waals surface area contributed by atoms with Gasteiger partial charge in [0, 0.05) is 56.8 Å². The number of likely N-dealkylation sites (N-methyl/N-ethyl adjacent to an activating group) is 1. The molecule has 2 aromatic carbocycles. The zero-order valence-corrected chi connectivity index (χ0v) is 24.1. The van der Waals surface area contributed by atoms with Crippen LogP contribution in [-0.2, 0) is 18.0 Å². The van der Waals surface area contributed by atoms with Crippen LogP contribution in [0.1, 0.15) is 34.1 Å². The molecule has 39 heavy (non-hydrogen) atoms. The van der Waals surface area contributed by atoms with E-state index in [1.807, 2.05) is 52.0 Å². The van der Waals surface area contributed by atoms with E-state index in [2.05, 4.69) is 20.4 Å². The first-order chi connectivity index (χ1) is 18.9. The summed E-state index contributed by atoms with van der Waals surface area (Å²) in [5, 5.41) is 21.8. The molecule has 0 saturated heterocycles. The molecule has 0 aliphatic heterocycles. The Kier molecular flexibility index (Phi) is 14.1. The molecule has 0 atom stereocenters. The lowest BCUT2D eigenvalue weighted by Gasteiger charge is -2.28. The summed E-state index contributed by atoms with van der Waals surface area (Å²) in [6.07, 6.45) is 0.195. The number of nitro benzene ring substituents is 1. The number of nitrogens with zero attached hydrogens (tertiary/aromatic N) is 4. The van der Waals surface area contributed by atoms with Gasteiger partial charge in [0.05, 0.1) is 22.8 Å². The van der Waals surface area contributed by atoms with Gasteiger partial charge in [-0.3, -0.25) is 10.1 Å². The van der Waals surface area contributed by atoms with Crippen molar-refractivity contribution in [1.29, 1.82) is 0 Å². The fourth-order valence-electron chi connectivity index (χ4n) is 3.75. The topological polar surface area (TPSA) is 137 Å². The Morgan fingerprint density at radius 2 is 1.46 bits per heavy atom. The van der Waals surface area contributed by atoms with E-state index in [1.54, 1.807) is 12.1 Å². The molecule has 1 amide bonds. The summed E-state index contributed by atoms with van der Waals surface area (Å²) < 4.78 is 22.8. The average molecular weight is 562 g/mol. The number of anilines is 1. The molecule has 0 aliphatic rings. The average Bonchev–Trinajstić information content (AvgIpc) is 2.93. The van der Waals surface area contributed by atoms with E-state index in [9.17, 15) is 14.9 Å². The molecule has 0 bridgehead atoms. The zero-order valence-electron chi connectivity index (χ0n) is 23.1. The number of amides is 1. The monoisotopic (exact) mass is 561 g/mol. The van der Waals surface area contributed by atoms with Gasteiger partial charge in [-0.1, -0.05) is 0 Å². The van der Waals surface area contributed by atoms with Crippen LogP contribution in [0.5, 0.6) is 0 Å². The van der Waals surface area contributed by atoms with Crippen molar-refractivity contribution in [3.05, 3.63) is 58.6 Å². The van der Waals surface area contributed by atoms with Gasteiger partial charge in [0.15, 0.2) is 0 Å². The molecule has 0 unspecified atom stereocenters. The third-order valence-electron chi connectivity index (χ3n) is 5.55. The van der Waals surface area contributed by atoms with Crippen molar-refractivity contribution in [2.24, 2.45) is 10.2 Å². The lowest BCUT2D eigenvalue weighted by Crippen LogP contribution is -2.46. The minimum Gasteiger partial charge on any atom is -0.448 e. The second-order valence-corrected chi connectivity index (χ2v) is 10.9. The van der Waals surface area contributed by atoms with E-state index < -0.39 is 19.8 Å². The summed E-state index contributed by atoms with van der Waals surface area (Å²) >= 11 is 0. The number of rotatable bonds is 18. The highest BCUT2D eigenvalue weighted by Crippen LogP contribution is 2.24. The molecule has 0 spiro atoms. The summed E-state index contributed by atoms with van der Waals surface area (Å²) in [4.78, 5) is 24.5. The Bertz CT molecular complexity index is 1020. The summed E-state index contributed by atoms with van der Waals surface area (Å²) in [6, 6.07) is 14.0. The number of azo groups is 1. The molecule has 0 fully saturated rings. The fraction of sp³-hybridized carbons (Fsp3) is 0.500. The minimum atomic E-state index is -2.72. The van der Waals surface area contributed by atoms with E-state index in [1.165, 1.54) is 12.1 Å². The van der Waals surface area contributed by atoms with Gasteiger partial charge >= 0.3 is 14.9 Å². The SMILES string of the molecule is CCO[Si](CCCNC(=O)OCCN(CC)c1ccc(/N=N/c2ccc([N+](=O)[O-])cc2)cc1)(OCC)OCC. The second kappa shape index (κ2) is 17.2. The predicted octanol–water partition coefficient (Wildman–Crippen LogP) is 6.00. The van der Waals surface area contributed by atoms with E-state index in [0.29, 0.717) is 56.7 Å². The Balaban J connectivity index is 1.76. The van der Waals surface area contributed by atoms with Crippen molar-refractivity contribution in [3.8, 4) is 0 Å². The quantitative estimate of drug-likeness (QED) is 0.0769. The maximum Gasteiger partial charge on any atom is 0.500 e. The molecule has 0 saturated carbocycles.